The molecule has 1 heterocycles. The number of nitrogens with two attached hydrogens (primary N) is 1. The van der Waals surface area contributed by atoms with Crippen molar-refractivity contribution < 1.29 is 4.79 Å². The van der Waals surface area contributed by atoms with E-state index in [1.165, 1.54) is 0 Å². The standard InChI is InChI=1S/C7H14N2O/c1-7(6(8)10)3-2-4-9-5-7/h9H,2-5H2,1H3,(H2,8,10). The highest BCUT2D eigenvalue weighted by molar-refractivity contribution is 5.80. The maximum atomic E-state index is 10.9. The second kappa shape index (κ2) is 2.58. The highest BCUT2D eigenvalue weighted by atomic mass is 16.1. The summed E-state index contributed by atoms with van der Waals surface area (Å²) in [4.78, 5) is 10.9. The molecule has 1 fully saturated rings. The molecular formula is C7H14N2O. The van der Waals surface area contributed by atoms with E-state index >= 15 is 0 Å². The van der Waals surface area contributed by atoms with Gasteiger partial charge < -0.3 is 11.1 Å². The zero-order chi connectivity index (χ0) is 7.61. The number of primary amides is 1. The molecule has 0 aromatic carbocycles. The molecule has 3 heteroatoms. The molecule has 0 saturated carbocycles. The third-order valence-electron chi connectivity index (χ3n) is 2.19. The fourth-order valence-corrected chi connectivity index (χ4v) is 1.27. The van der Waals surface area contributed by atoms with Gasteiger partial charge >= 0.3 is 0 Å². The van der Waals surface area contributed by atoms with Crippen molar-refractivity contribution in [2.75, 3.05) is 13.1 Å². The second-order valence-electron chi connectivity index (χ2n) is 3.21. The van der Waals surface area contributed by atoms with E-state index < -0.39 is 0 Å². The minimum absolute atomic E-state index is 0.181. The Morgan fingerprint density at radius 3 is 2.70 bits per heavy atom. The van der Waals surface area contributed by atoms with Gasteiger partial charge in [-0.25, -0.2) is 0 Å². The van der Waals surface area contributed by atoms with Gasteiger partial charge in [0, 0.05) is 6.54 Å². The molecule has 1 unspecified atom stereocenters. The maximum absolute atomic E-state index is 10.9. The van der Waals surface area contributed by atoms with Crippen LogP contribution in [0.25, 0.3) is 0 Å². The lowest BCUT2D eigenvalue weighted by Gasteiger charge is -2.30. The third-order valence-corrected chi connectivity index (χ3v) is 2.19. The van der Waals surface area contributed by atoms with Gasteiger partial charge in [0.15, 0.2) is 0 Å². The summed E-state index contributed by atoms with van der Waals surface area (Å²) >= 11 is 0. The fourth-order valence-electron chi connectivity index (χ4n) is 1.27. The molecule has 0 bridgehead atoms. The van der Waals surface area contributed by atoms with Gasteiger partial charge in [-0.05, 0) is 26.3 Å². The van der Waals surface area contributed by atoms with Crippen LogP contribution in [0.5, 0.6) is 0 Å². The molecule has 10 heavy (non-hydrogen) atoms. The molecule has 1 saturated heterocycles. The molecule has 1 aliphatic rings. The lowest BCUT2D eigenvalue weighted by atomic mass is 9.82. The van der Waals surface area contributed by atoms with Crippen LogP contribution in [0.15, 0.2) is 0 Å². The Kier molecular flexibility index (Phi) is 1.94. The molecule has 1 atom stereocenters. The Balaban J connectivity index is 2.56. The summed E-state index contributed by atoms with van der Waals surface area (Å²) in [5.41, 5.74) is 4.93. The van der Waals surface area contributed by atoms with Crippen LogP contribution < -0.4 is 11.1 Å². The van der Waals surface area contributed by atoms with Gasteiger partial charge in [0.2, 0.25) is 5.91 Å². The zero-order valence-corrected chi connectivity index (χ0v) is 6.31. The Hall–Kier alpha value is -0.570. The van der Waals surface area contributed by atoms with E-state index in [1.807, 2.05) is 6.92 Å². The topological polar surface area (TPSA) is 55.1 Å². The number of nitrogens with one attached hydrogen (secondary N) is 1. The number of hydrogen-bond donors (Lipinski definition) is 2. The smallest absolute Gasteiger partial charge is 0.224 e. The van der Waals surface area contributed by atoms with Gasteiger partial charge in [0.05, 0.1) is 5.41 Å². The monoisotopic (exact) mass is 142 g/mol. The van der Waals surface area contributed by atoms with Crippen molar-refractivity contribution in [3.8, 4) is 0 Å². The molecule has 0 radical (unpaired) electrons. The van der Waals surface area contributed by atoms with Crippen LogP contribution in [0.4, 0.5) is 0 Å². The van der Waals surface area contributed by atoms with E-state index in [4.69, 9.17) is 5.73 Å². The molecule has 58 valence electrons. The van der Waals surface area contributed by atoms with E-state index in [-0.39, 0.29) is 11.3 Å². The molecule has 1 aliphatic heterocycles. The summed E-state index contributed by atoms with van der Waals surface area (Å²) < 4.78 is 0. The predicted molar refractivity (Wildman–Crippen MR) is 39.4 cm³/mol. The van der Waals surface area contributed by atoms with E-state index in [9.17, 15) is 4.79 Å². The number of rotatable bonds is 1. The highest BCUT2D eigenvalue weighted by Crippen LogP contribution is 2.24. The zero-order valence-electron chi connectivity index (χ0n) is 6.31. The summed E-state index contributed by atoms with van der Waals surface area (Å²) in [5.74, 6) is -0.181. The molecule has 3 N–H and O–H groups in total. The van der Waals surface area contributed by atoms with E-state index in [2.05, 4.69) is 5.32 Å². The second-order valence-corrected chi connectivity index (χ2v) is 3.21. The Bertz CT molecular complexity index is 139. The highest BCUT2D eigenvalue weighted by Gasteiger charge is 2.32. The number of carbonyl (C=O) groups excluding carboxylic acids is 1. The first-order chi connectivity index (χ1) is 4.65. The predicted octanol–water partition coefficient (Wildman–Crippen LogP) is -0.139. The molecule has 0 aliphatic carbocycles. The summed E-state index contributed by atoms with van der Waals surface area (Å²) in [6.07, 6.45) is 1.98. The van der Waals surface area contributed by atoms with Crippen LogP contribution in [0.3, 0.4) is 0 Å². The van der Waals surface area contributed by atoms with Gasteiger partial charge in [0.1, 0.15) is 0 Å². The molecule has 3 nitrogen and oxygen atoms in total. The lowest BCUT2D eigenvalue weighted by molar-refractivity contribution is -0.127. The molecule has 0 aromatic rings. The van der Waals surface area contributed by atoms with Crippen LogP contribution in [0, 0.1) is 5.41 Å². The van der Waals surface area contributed by atoms with Crippen molar-refractivity contribution in [2.24, 2.45) is 11.1 Å². The van der Waals surface area contributed by atoms with Crippen LogP contribution in [0.2, 0.25) is 0 Å². The summed E-state index contributed by atoms with van der Waals surface area (Å²) in [7, 11) is 0. The SMILES string of the molecule is CC1(C(N)=O)CCCNC1. The Morgan fingerprint density at radius 1 is 1.70 bits per heavy atom. The summed E-state index contributed by atoms with van der Waals surface area (Å²) in [6, 6.07) is 0. The van der Waals surface area contributed by atoms with Gasteiger partial charge in [-0.2, -0.15) is 0 Å². The Morgan fingerprint density at radius 2 is 2.40 bits per heavy atom. The van der Waals surface area contributed by atoms with Crippen molar-refractivity contribution in [3.05, 3.63) is 0 Å². The average molecular weight is 142 g/mol. The first-order valence-corrected chi connectivity index (χ1v) is 3.66. The lowest BCUT2D eigenvalue weighted by Crippen LogP contribution is -2.46. The minimum atomic E-state index is -0.293. The molecule has 1 rings (SSSR count). The normalized spacial score (nSPS) is 33.7. The van der Waals surface area contributed by atoms with Crippen molar-refractivity contribution in [2.45, 2.75) is 19.8 Å². The van der Waals surface area contributed by atoms with Gasteiger partial charge in [0.25, 0.3) is 0 Å². The molecular weight excluding hydrogens is 128 g/mol. The number of hydrogen-bond acceptors (Lipinski definition) is 2. The molecule has 0 spiro atoms. The first-order valence-electron chi connectivity index (χ1n) is 3.66. The largest absolute Gasteiger partial charge is 0.369 e. The van der Waals surface area contributed by atoms with Crippen molar-refractivity contribution in [1.82, 2.24) is 5.32 Å². The number of piperidine rings is 1. The van der Waals surface area contributed by atoms with E-state index in [1.54, 1.807) is 0 Å². The number of carbonyl (C=O) groups is 1. The van der Waals surface area contributed by atoms with Crippen LogP contribution >= 0.6 is 0 Å². The first kappa shape index (κ1) is 7.54. The van der Waals surface area contributed by atoms with E-state index in [0.717, 1.165) is 25.9 Å². The van der Waals surface area contributed by atoms with Gasteiger partial charge in [-0.3, -0.25) is 4.79 Å². The van der Waals surface area contributed by atoms with Crippen LogP contribution in [-0.2, 0) is 4.79 Å². The summed E-state index contributed by atoms with van der Waals surface area (Å²) in [6.45, 7) is 3.67. The van der Waals surface area contributed by atoms with Gasteiger partial charge in [-0.1, -0.05) is 0 Å². The van der Waals surface area contributed by atoms with Crippen molar-refractivity contribution in [3.63, 3.8) is 0 Å². The van der Waals surface area contributed by atoms with E-state index in [0.29, 0.717) is 0 Å². The number of amides is 1. The minimum Gasteiger partial charge on any atom is -0.369 e. The quantitative estimate of drug-likeness (QED) is 0.535. The average Bonchev–Trinajstić information content (AvgIpc) is 1.89. The van der Waals surface area contributed by atoms with Crippen molar-refractivity contribution in [1.29, 1.82) is 0 Å². The maximum Gasteiger partial charge on any atom is 0.224 e. The van der Waals surface area contributed by atoms with Crippen LogP contribution in [-0.4, -0.2) is 19.0 Å². The molecule has 1 amide bonds. The summed E-state index contributed by atoms with van der Waals surface area (Å²) in [5, 5.41) is 3.16. The third kappa shape index (κ3) is 1.29. The van der Waals surface area contributed by atoms with Crippen LogP contribution in [0.1, 0.15) is 19.8 Å². The van der Waals surface area contributed by atoms with Gasteiger partial charge in [-0.15, -0.1) is 0 Å². The Labute approximate surface area is 61.0 Å². The van der Waals surface area contributed by atoms with Crippen molar-refractivity contribution >= 4 is 5.91 Å². The fraction of sp³-hybridized carbons (Fsp3) is 0.857. The molecule has 0 aromatic heterocycles.